The molecule has 0 aliphatic carbocycles. The van der Waals surface area contributed by atoms with Gasteiger partial charge in [-0.2, -0.15) is 0 Å². The summed E-state index contributed by atoms with van der Waals surface area (Å²) in [4.78, 5) is 15.4. The van der Waals surface area contributed by atoms with Crippen molar-refractivity contribution in [2.24, 2.45) is 0 Å². The molecule has 0 spiro atoms. The number of hydrogen-bond donors (Lipinski definition) is 0. The molecule has 0 radical (unpaired) electrons. The summed E-state index contributed by atoms with van der Waals surface area (Å²) in [5.41, 5.74) is 1.55. The third-order valence-corrected chi connectivity index (χ3v) is 4.52. The van der Waals surface area contributed by atoms with Gasteiger partial charge < -0.3 is 0 Å². The van der Waals surface area contributed by atoms with Crippen molar-refractivity contribution < 1.29 is 17.6 Å². The molecule has 4 nitrogen and oxygen atoms in total. The summed E-state index contributed by atoms with van der Waals surface area (Å²) < 4.78 is 49.3. The predicted octanol–water partition coefficient (Wildman–Crippen LogP) is 4.12. The lowest BCUT2D eigenvalue weighted by Crippen LogP contribution is -2.02. The maximum Gasteiger partial charge on any atom is 0.196 e. The molecule has 0 fully saturated rings. The second-order valence-electron chi connectivity index (χ2n) is 4.39. The van der Waals surface area contributed by atoms with Gasteiger partial charge in [0.15, 0.2) is 23.3 Å². The Hall–Kier alpha value is -1.88. The van der Waals surface area contributed by atoms with Crippen molar-refractivity contribution in [1.29, 1.82) is 0 Å². The van der Waals surface area contributed by atoms with Crippen molar-refractivity contribution in [3.05, 3.63) is 79.0 Å². The molecule has 0 aliphatic rings. The van der Waals surface area contributed by atoms with Crippen LogP contribution in [0.5, 0.6) is 0 Å². The zero-order valence-electron chi connectivity index (χ0n) is 12.5. The van der Waals surface area contributed by atoms with E-state index in [9.17, 15) is 17.6 Å². The Morgan fingerprint density at radius 2 is 0.923 bits per heavy atom. The van der Waals surface area contributed by atoms with E-state index in [1.165, 1.54) is 57.8 Å². The predicted molar refractivity (Wildman–Crippen MR) is 102 cm³/mol. The fourth-order valence-corrected chi connectivity index (χ4v) is 2.98. The summed E-state index contributed by atoms with van der Waals surface area (Å²) in [5, 5.41) is 0. The second kappa shape index (κ2) is 9.72. The number of benzene rings is 1. The number of rotatable bonds is 0. The average Bonchev–Trinajstić information content (AvgIpc) is 2.70. The lowest BCUT2D eigenvalue weighted by atomic mass is 10.3. The van der Waals surface area contributed by atoms with Crippen LogP contribution in [0.4, 0.5) is 17.6 Å². The summed E-state index contributed by atoms with van der Waals surface area (Å²) in [6.45, 7) is 0. The van der Waals surface area contributed by atoms with Gasteiger partial charge in [0.25, 0.3) is 0 Å². The van der Waals surface area contributed by atoms with Gasteiger partial charge in [0.1, 0.15) is 12.7 Å². The Morgan fingerprint density at radius 1 is 0.577 bits per heavy atom. The number of nitrogens with zero attached hydrogens (tertiary/aromatic N) is 4. The van der Waals surface area contributed by atoms with Crippen LogP contribution in [0.2, 0.25) is 0 Å². The minimum Gasteiger partial charge on any atom is -0.244 e. The summed E-state index contributed by atoms with van der Waals surface area (Å²) in [6.07, 6.45) is 9.56. The van der Waals surface area contributed by atoms with Crippen LogP contribution in [0, 0.1) is 42.3 Å². The van der Waals surface area contributed by atoms with E-state index in [0.717, 1.165) is 11.1 Å². The highest BCUT2D eigenvalue weighted by Gasteiger charge is 2.21. The molecule has 2 aromatic heterocycles. The molecule has 3 rings (SSSR count). The Balaban J connectivity index is 0.000000190. The molecule has 0 N–H and O–H groups in total. The number of aromatic nitrogens is 4. The Labute approximate surface area is 172 Å². The first-order chi connectivity index (χ1) is 12.4. The van der Waals surface area contributed by atoms with Crippen LogP contribution in [0.3, 0.4) is 0 Å². The molecule has 0 saturated carbocycles. The Bertz CT molecular complexity index is 812. The zero-order valence-corrected chi connectivity index (χ0v) is 16.8. The lowest BCUT2D eigenvalue weighted by Gasteiger charge is -2.02. The average molecular weight is 584 g/mol. The molecule has 3 aromatic rings. The standard InChI is InChI=1S/C10H6N4.C6F4I2/c1(9-3-11-7-12-4-9)2-10-5-13-8-14-6-10;7-1-2(8)5(11)4(10)6(12)3(1)9/h3-8H;. The van der Waals surface area contributed by atoms with E-state index < -0.39 is 30.4 Å². The molecule has 10 heteroatoms. The highest BCUT2D eigenvalue weighted by molar-refractivity contribution is 14.1. The van der Waals surface area contributed by atoms with Gasteiger partial charge >= 0.3 is 0 Å². The summed E-state index contributed by atoms with van der Waals surface area (Å²) in [6, 6.07) is 0. The lowest BCUT2D eigenvalue weighted by molar-refractivity contribution is 0.423. The van der Waals surface area contributed by atoms with Crippen LogP contribution < -0.4 is 0 Å². The van der Waals surface area contributed by atoms with Crippen molar-refractivity contribution in [2.45, 2.75) is 0 Å². The topological polar surface area (TPSA) is 51.6 Å². The third-order valence-electron chi connectivity index (χ3n) is 2.63. The maximum atomic E-state index is 12.8. The first-order valence-corrected chi connectivity index (χ1v) is 8.76. The highest BCUT2D eigenvalue weighted by atomic mass is 127. The molecule has 2 heterocycles. The van der Waals surface area contributed by atoms with Gasteiger partial charge in [-0.1, -0.05) is 11.8 Å². The molecular formula is C16H6F4I2N4. The minimum absolute atomic E-state index is 0.532. The summed E-state index contributed by atoms with van der Waals surface area (Å²) >= 11 is 2.55. The van der Waals surface area contributed by atoms with E-state index in [4.69, 9.17) is 0 Å². The fourth-order valence-electron chi connectivity index (χ4n) is 1.45. The second-order valence-corrected chi connectivity index (χ2v) is 6.55. The van der Waals surface area contributed by atoms with Gasteiger partial charge in [-0.05, 0) is 45.2 Å². The van der Waals surface area contributed by atoms with Crippen molar-refractivity contribution >= 4 is 45.2 Å². The number of hydrogen-bond acceptors (Lipinski definition) is 4. The van der Waals surface area contributed by atoms with Crippen molar-refractivity contribution in [3.63, 3.8) is 0 Å². The van der Waals surface area contributed by atoms with Crippen LogP contribution in [0.25, 0.3) is 0 Å². The molecule has 1 aromatic carbocycles. The van der Waals surface area contributed by atoms with E-state index in [1.807, 2.05) is 0 Å². The van der Waals surface area contributed by atoms with Gasteiger partial charge in [-0.25, -0.2) is 37.5 Å². The van der Waals surface area contributed by atoms with Gasteiger partial charge in [-0.3, -0.25) is 0 Å². The zero-order chi connectivity index (χ0) is 19.1. The van der Waals surface area contributed by atoms with Gasteiger partial charge in [-0.15, -0.1) is 0 Å². The van der Waals surface area contributed by atoms with Crippen molar-refractivity contribution in [2.75, 3.05) is 0 Å². The van der Waals surface area contributed by atoms with E-state index in [1.54, 1.807) is 24.8 Å². The van der Waals surface area contributed by atoms with Gasteiger partial charge in [0, 0.05) is 24.8 Å². The molecule has 0 saturated heterocycles. The Morgan fingerprint density at radius 3 is 1.27 bits per heavy atom. The molecule has 26 heavy (non-hydrogen) atoms. The van der Waals surface area contributed by atoms with Crippen LogP contribution in [0.15, 0.2) is 37.4 Å². The van der Waals surface area contributed by atoms with Crippen molar-refractivity contribution in [1.82, 2.24) is 19.9 Å². The summed E-state index contributed by atoms with van der Waals surface area (Å²) in [7, 11) is 0. The van der Waals surface area contributed by atoms with Crippen LogP contribution in [0.1, 0.15) is 11.1 Å². The maximum absolute atomic E-state index is 12.8. The highest BCUT2D eigenvalue weighted by Crippen LogP contribution is 2.26. The van der Waals surface area contributed by atoms with Crippen molar-refractivity contribution in [3.8, 4) is 11.8 Å². The first-order valence-electron chi connectivity index (χ1n) is 6.60. The van der Waals surface area contributed by atoms with Crippen LogP contribution in [-0.2, 0) is 0 Å². The fraction of sp³-hybridized carbons (Fsp3) is 0. The van der Waals surface area contributed by atoms with E-state index in [2.05, 4.69) is 31.8 Å². The van der Waals surface area contributed by atoms with Crippen LogP contribution >= 0.6 is 45.2 Å². The molecule has 0 unspecified atom stereocenters. The van der Waals surface area contributed by atoms with E-state index in [0.29, 0.717) is 0 Å². The van der Waals surface area contributed by atoms with E-state index in [-0.39, 0.29) is 0 Å². The number of halogens is 6. The molecular weight excluding hydrogens is 578 g/mol. The third kappa shape index (κ3) is 5.31. The Kier molecular flexibility index (Phi) is 7.64. The molecule has 0 bridgehead atoms. The molecule has 0 atom stereocenters. The van der Waals surface area contributed by atoms with E-state index >= 15 is 0 Å². The van der Waals surface area contributed by atoms with Gasteiger partial charge in [0.05, 0.1) is 18.3 Å². The molecule has 0 amide bonds. The van der Waals surface area contributed by atoms with Crippen LogP contribution in [-0.4, -0.2) is 19.9 Å². The normalized spacial score (nSPS) is 9.62. The monoisotopic (exact) mass is 584 g/mol. The largest absolute Gasteiger partial charge is 0.244 e. The summed E-state index contributed by atoms with van der Waals surface area (Å²) in [5.74, 6) is 0.154. The minimum atomic E-state index is -1.63. The molecule has 132 valence electrons. The quantitative estimate of drug-likeness (QED) is 0.131. The first kappa shape index (κ1) is 20.4. The smallest absolute Gasteiger partial charge is 0.196 e. The SMILES string of the molecule is C(#Cc1cncnc1)c1cncnc1.Fc1c(F)c(I)c(F)c(I)c1F. The molecule has 0 aliphatic heterocycles. The van der Waals surface area contributed by atoms with Gasteiger partial charge in [0.2, 0.25) is 0 Å².